The molecule has 0 aliphatic rings. The van der Waals surface area contributed by atoms with Gasteiger partial charge in [0, 0.05) is 17.3 Å². The molecule has 0 heterocycles. The summed E-state index contributed by atoms with van der Waals surface area (Å²) >= 11 is 0. The van der Waals surface area contributed by atoms with Gasteiger partial charge in [0.1, 0.15) is 5.60 Å². The van der Waals surface area contributed by atoms with Gasteiger partial charge in [-0.3, -0.25) is 15.3 Å². The number of benzene rings is 1. The lowest BCUT2D eigenvalue weighted by Gasteiger charge is -2.19. The molecule has 22 heavy (non-hydrogen) atoms. The third-order valence-corrected chi connectivity index (χ3v) is 2.15. The molecule has 1 rings (SSSR count). The minimum absolute atomic E-state index is 0.544. The lowest BCUT2D eigenvalue weighted by atomic mass is 10.2. The first kappa shape index (κ1) is 17.3. The summed E-state index contributed by atoms with van der Waals surface area (Å²) in [5, 5.41) is 10.9. The Balaban J connectivity index is 2.71. The maximum absolute atomic E-state index is 11.7. The first-order chi connectivity index (χ1) is 10.3. The van der Waals surface area contributed by atoms with Crippen LogP contribution in [0.15, 0.2) is 36.4 Å². The van der Waals surface area contributed by atoms with Crippen LogP contribution in [-0.4, -0.2) is 22.8 Å². The fourth-order valence-corrected chi connectivity index (χ4v) is 1.38. The van der Waals surface area contributed by atoms with Gasteiger partial charge in [0.15, 0.2) is 0 Å². The van der Waals surface area contributed by atoms with Crippen molar-refractivity contribution in [2.24, 2.45) is 0 Å². The monoisotopic (exact) mass is 302 g/mol. The highest BCUT2D eigenvalue weighted by Crippen LogP contribution is 2.13. The van der Waals surface area contributed by atoms with Crippen LogP contribution in [0, 0.1) is 11.8 Å². The topological polar surface area (TPSA) is 87.7 Å². The van der Waals surface area contributed by atoms with Crippen LogP contribution in [-0.2, 0) is 9.53 Å². The van der Waals surface area contributed by atoms with Gasteiger partial charge in [0.05, 0.1) is 0 Å². The summed E-state index contributed by atoms with van der Waals surface area (Å²) in [7, 11) is 0. The summed E-state index contributed by atoms with van der Waals surface area (Å²) in [6.45, 7) is 5.34. The minimum Gasteiger partial charge on any atom is -0.444 e. The predicted molar refractivity (Wildman–Crippen MR) is 82.2 cm³/mol. The zero-order valence-corrected chi connectivity index (χ0v) is 12.6. The Morgan fingerprint density at radius 1 is 1.32 bits per heavy atom. The van der Waals surface area contributed by atoms with E-state index in [0.717, 1.165) is 6.08 Å². The molecule has 6 heteroatoms. The average Bonchev–Trinajstić information content (AvgIpc) is 2.41. The average molecular weight is 302 g/mol. The Labute approximate surface area is 129 Å². The third-order valence-electron chi connectivity index (χ3n) is 2.15. The second-order valence-corrected chi connectivity index (χ2v) is 5.29. The van der Waals surface area contributed by atoms with Crippen LogP contribution < -0.4 is 10.8 Å². The molecule has 0 atom stereocenters. The van der Waals surface area contributed by atoms with Crippen LogP contribution in [0.1, 0.15) is 26.3 Å². The lowest BCUT2D eigenvalue weighted by molar-refractivity contribution is -0.124. The van der Waals surface area contributed by atoms with E-state index in [9.17, 15) is 9.59 Å². The summed E-state index contributed by atoms with van der Waals surface area (Å²) in [6, 6.07) is 6.88. The van der Waals surface area contributed by atoms with E-state index in [2.05, 4.69) is 17.2 Å². The number of carbonyl (C=O) groups is 2. The zero-order chi connectivity index (χ0) is 16.6. The summed E-state index contributed by atoms with van der Waals surface area (Å²) in [5.74, 6) is 4.78. The molecule has 6 nitrogen and oxygen atoms in total. The quantitative estimate of drug-likeness (QED) is 0.339. The highest BCUT2D eigenvalue weighted by Gasteiger charge is 2.16. The maximum atomic E-state index is 11.7. The number of carbonyl (C=O) groups excluding carboxylic acids is 2. The first-order valence-electron chi connectivity index (χ1n) is 6.52. The smallest absolute Gasteiger partial charge is 0.412 e. The molecule has 3 N–H and O–H groups in total. The highest BCUT2D eigenvalue weighted by atomic mass is 16.6. The summed E-state index contributed by atoms with van der Waals surface area (Å²) < 4.78 is 5.15. The third kappa shape index (κ3) is 7.12. The fourth-order valence-electron chi connectivity index (χ4n) is 1.38. The van der Waals surface area contributed by atoms with Crippen molar-refractivity contribution < 1.29 is 19.5 Å². The van der Waals surface area contributed by atoms with Crippen LogP contribution >= 0.6 is 0 Å². The van der Waals surface area contributed by atoms with Gasteiger partial charge in [-0.25, -0.2) is 10.3 Å². The number of nitrogens with one attached hydrogen (secondary N) is 2. The molecule has 0 bridgehead atoms. The molecular weight excluding hydrogens is 284 g/mol. The van der Waals surface area contributed by atoms with E-state index in [1.807, 2.05) is 0 Å². The van der Waals surface area contributed by atoms with Crippen molar-refractivity contribution in [3.8, 4) is 11.8 Å². The van der Waals surface area contributed by atoms with Crippen LogP contribution in [0.3, 0.4) is 0 Å². The Bertz CT molecular complexity index is 634. The second-order valence-electron chi connectivity index (χ2n) is 5.29. The number of ether oxygens (including phenoxy) is 1. The standard InChI is InChI=1S/C16H18N2O4/c1-16(2,3)22-15(20)17-13-9-6-8-12(11-13)7-4-5-10-14(19)18-21/h5-6,8-11,21H,1-3H3,(H,17,20)(H,18,19). The molecule has 0 aromatic heterocycles. The number of anilines is 1. The van der Waals surface area contributed by atoms with Crippen LogP contribution in [0.25, 0.3) is 0 Å². The van der Waals surface area contributed by atoms with E-state index in [1.54, 1.807) is 45.0 Å². The number of allylic oxidation sites excluding steroid dienone is 1. The molecule has 1 aromatic carbocycles. The molecule has 116 valence electrons. The molecular formula is C16H18N2O4. The van der Waals surface area contributed by atoms with Crippen molar-refractivity contribution >= 4 is 17.7 Å². The van der Waals surface area contributed by atoms with Crippen molar-refractivity contribution in [1.29, 1.82) is 0 Å². The van der Waals surface area contributed by atoms with Gasteiger partial charge >= 0.3 is 6.09 Å². The van der Waals surface area contributed by atoms with E-state index in [-0.39, 0.29) is 0 Å². The van der Waals surface area contributed by atoms with Gasteiger partial charge in [-0.2, -0.15) is 0 Å². The SMILES string of the molecule is CC(C)(C)OC(=O)Nc1cccc(C#CC=CC(=O)NO)c1. The van der Waals surface area contributed by atoms with Gasteiger partial charge in [-0.15, -0.1) is 0 Å². The van der Waals surface area contributed by atoms with Gasteiger partial charge in [-0.1, -0.05) is 17.9 Å². The molecule has 0 unspecified atom stereocenters. The molecule has 0 aliphatic heterocycles. The van der Waals surface area contributed by atoms with E-state index < -0.39 is 17.6 Å². The Morgan fingerprint density at radius 2 is 2.05 bits per heavy atom. The number of hydroxylamine groups is 1. The number of rotatable bonds is 2. The molecule has 0 saturated heterocycles. The van der Waals surface area contributed by atoms with Crippen LogP contribution in [0.2, 0.25) is 0 Å². The molecule has 0 aliphatic carbocycles. The predicted octanol–water partition coefficient (Wildman–Crippen LogP) is 2.45. The lowest BCUT2D eigenvalue weighted by Crippen LogP contribution is -2.27. The van der Waals surface area contributed by atoms with Crippen LogP contribution in [0.4, 0.5) is 10.5 Å². The van der Waals surface area contributed by atoms with Gasteiger partial charge in [0.2, 0.25) is 0 Å². The van der Waals surface area contributed by atoms with Gasteiger partial charge in [-0.05, 0) is 45.0 Å². The number of hydrogen-bond donors (Lipinski definition) is 3. The Morgan fingerprint density at radius 3 is 2.68 bits per heavy atom. The van der Waals surface area contributed by atoms with Gasteiger partial charge in [0.25, 0.3) is 5.91 Å². The Kier molecular flexibility index (Phi) is 6.17. The van der Waals surface area contributed by atoms with Gasteiger partial charge < -0.3 is 4.74 Å². The van der Waals surface area contributed by atoms with Crippen molar-refractivity contribution in [3.63, 3.8) is 0 Å². The van der Waals surface area contributed by atoms with Crippen molar-refractivity contribution in [2.75, 3.05) is 5.32 Å². The molecule has 0 spiro atoms. The second kappa shape index (κ2) is 7.86. The van der Waals surface area contributed by atoms with Crippen molar-refractivity contribution in [2.45, 2.75) is 26.4 Å². The molecule has 0 radical (unpaired) electrons. The molecule has 2 amide bonds. The number of hydrogen-bond acceptors (Lipinski definition) is 4. The number of amides is 2. The Hall–Kier alpha value is -2.78. The summed E-state index contributed by atoms with van der Waals surface area (Å²) in [6.07, 6.45) is 1.85. The van der Waals surface area contributed by atoms with Crippen molar-refractivity contribution in [3.05, 3.63) is 42.0 Å². The van der Waals surface area contributed by atoms with Crippen LogP contribution in [0.5, 0.6) is 0 Å². The first-order valence-corrected chi connectivity index (χ1v) is 6.52. The van der Waals surface area contributed by atoms with Crippen molar-refractivity contribution in [1.82, 2.24) is 5.48 Å². The zero-order valence-electron chi connectivity index (χ0n) is 12.6. The molecule has 0 fully saturated rings. The minimum atomic E-state index is -0.658. The fraction of sp³-hybridized carbons (Fsp3) is 0.250. The molecule has 1 aromatic rings. The summed E-state index contributed by atoms with van der Waals surface area (Å²) in [4.78, 5) is 22.4. The molecule has 0 saturated carbocycles. The highest BCUT2D eigenvalue weighted by molar-refractivity contribution is 5.87. The van der Waals surface area contributed by atoms with E-state index in [1.165, 1.54) is 11.6 Å². The van der Waals surface area contributed by atoms with E-state index >= 15 is 0 Å². The summed E-state index contributed by atoms with van der Waals surface area (Å²) in [5.41, 5.74) is 2.10. The van der Waals surface area contributed by atoms with E-state index in [0.29, 0.717) is 11.3 Å². The maximum Gasteiger partial charge on any atom is 0.412 e. The normalized spacial score (nSPS) is 10.5. The van der Waals surface area contributed by atoms with E-state index in [4.69, 9.17) is 9.94 Å². The largest absolute Gasteiger partial charge is 0.444 e.